The Balaban J connectivity index is 1.23. The second kappa shape index (κ2) is 10.6. The fourth-order valence-electron chi connectivity index (χ4n) is 6.88. The Kier molecular flexibility index (Phi) is 6.24. The average molecular weight is 608 g/mol. The highest BCUT2D eigenvalue weighted by atomic mass is 16.5. The highest BCUT2D eigenvalue weighted by molar-refractivity contribution is 6.33. The van der Waals surface area contributed by atoms with Crippen LogP contribution in [0.4, 0.5) is 11.6 Å². The first-order chi connectivity index (χ1) is 22.7. The Morgan fingerprint density at radius 2 is 1.57 bits per heavy atom. The number of ether oxygens (including phenoxy) is 2. The van der Waals surface area contributed by atoms with Gasteiger partial charge in [0.25, 0.3) is 0 Å². The Morgan fingerprint density at radius 3 is 2.35 bits per heavy atom. The third-order valence-corrected chi connectivity index (χ3v) is 9.07. The number of aromatic nitrogens is 4. The first kappa shape index (κ1) is 27.0. The lowest BCUT2D eigenvalue weighted by Crippen LogP contribution is -2.24. The summed E-state index contributed by atoms with van der Waals surface area (Å²) in [4.78, 5) is 14.4. The van der Waals surface area contributed by atoms with Crippen LogP contribution in [0, 0.1) is 0 Å². The van der Waals surface area contributed by atoms with Gasteiger partial charge >= 0.3 is 0 Å². The van der Waals surface area contributed by atoms with Crippen molar-refractivity contribution in [1.29, 1.82) is 0 Å². The molecule has 0 amide bonds. The van der Waals surface area contributed by atoms with Crippen molar-refractivity contribution in [1.82, 2.24) is 19.5 Å². The summed E-state index contributed by atoms with van der Waals surface area (Å²) in [5.74, 6) is 0.670. The molecule has 0 spiro atoms. The van der Waals surface area contributed by atoms with Crippen LogP contribution in [0.3, 0.4) is 0 Å². The Labute approximate surface area is 263 Å². The summed E-state index contributed by atoms with van der Waals surface area (Å²) in [5.41, 5.74) is 2.87. The van der Waals surface area contributed by atoms with E-state index in [1.165, 1.54) is 26.9 Å². The van der Waals surface area contributed by atoms with Gasteiger partial charge < -0.3 is 25.0 Å². The SMILES string of the molecule is OC[C@H]1O[C@@H](n2cnc3c(OCc4ccccc4)nc(Nc4c5ccccc5c5ccc6cccc7ccc4c5c76)nc32)C[C@@H]1O. The van der Waals surface area contributed by atoms with E-state index < -0.39 is 18.4 Å². The quantitative estimate of drug-likeness (QED) is 0.133. The third-order valence-electron chi connectivity index (χ3n) is 9.07. The summed E-state index contributed by atoms with van der Waals surface area (Å²) in [5, 5.41) is 33.0. The molecule has 1 saturated heterocycles. The maximum Gasteiger partial charge on any atom is 0.247 e. The lowest BCUT2D eigenvalue weighted by atomic mass is 9.90. The van der Waals surface area contributed by atoms with Gasteiger partial charge in [-0.25, -0.2) is 4.98 Å². The van der Waals surface area contributed by atoms with Gasteiger partial charge in [0, 0.05) is 22.6 Å². The van der Waals surface area contributed by atoms with E-state index in [2.05, 4.69) is 71.0 Å². The predicted octanol–water partition coefficient (Wildman–Crippen LogP) is 6.84. The molecule has 0 unspecified atom stereocenters. The van der Waals surface area contributed by atoms with Crippen LogP contribution in [-0.2, 0) is 11.3 Å². The minimum atomic E-state index is -0.802. The standard InChI is InChI=1S/C37H29N5O4/c43-18-29-28(44)17-30(46-29)42-20-38-34-35(42)40-37(41-36(34)45-19-21-7-2-1-3-8-21)39-33-26-12-5-4-11-24(26)25-15-13-22-9-6-10-23-14-16-27(33)32(25)31(22)23/h1-16,20,28-30,43-44H,17-19H2,(H,39,40,41)/t28-,29+,30+/m0/s1. The summed E-state index contributed by atoms with van der Waals surface area (Å²) >= 11 is 0. The molecule has 9 heteroatoms. The smallest absolute Gasteiger partial charge is 0.247 e. The molecule has 1 fully saturated rings. The topological polar surface area (TPSA) is 115 Å². The molecule has 46 heavy (non-hydrogen) atoms. The average Bonchev–Trinajstić information content (AvgIpc) is 3.70. The second-order valence-corrected chi connectivity index (χ2v) is 11.8. The molecule has 3 atom stereocenters. The molecule has 0 saturated carbocycles. The molecule has 1 aliphatic heterocycles. The first-order valence-electron chi connectivity index (χ1n) is 15.4. The number of fused-ring (bicyclic) bond motifs is 3. The van der Waals surface area contributed by atoms with E-state index in [0.717, 1.165) is 27.4 Å². The van der Waals surface area contributed by atoms with E-state index in [9.17, 15) is 10.2 Å². The summed E-state index contributed by atoms with van der Waals surface area (Å²) in [7, 11) is 0. The van der Waals surface area contributed by atoms with Gasteiger partial charge in [-0.05, 0) is 32.5 Å². The number of aliphatic hydroxyl groups excluding tert-OH is 2. The van der Waals surface area contributed by atoms with Gasteiger partial charge in [0.1, 0.15) is 18.9 Å². The molecule has 226 valence electrons. The van der Waals surface area contributed by atoms with E-state index >= 15 is 0 Å². The van der Waals surface area contributed by atoms with Crippen LogP contribution in [-0.4, -0.2) is 48.5 Å². The van der Waals surface area contributed by atoms with Crippen LogP contribution in [0.1, 0.15) is 18.2 Å². The number of imidazole rings is 1. The normalized spacial score (nSPS) is 18.4. The van der Waals surface area contributed by atoms with E-state index in [0.29, 0.717) is 36.0 Å². The number of benzene rings is 6. The molecule has 0 bridgehead atoms. The van der Waals surface area contributed by atoms with E-state index in [4.69, 9.17) is 19.4 Å². The zero-order chi connectivity index (χ0) is 30.8. The summed E-state index contributed by atoms with van der Waals surface area (Å²) < 4.78 is 14.1. The van der Waals surface area contributed by atoms with Crippen molar-refractivity contribution in [3.05, 3.63) is 109 Å². The predicted molar refractivity (Wildman–Crippen MR) is 179 cm³/mol. The highest BCUT2D eigenvalue weighted by Gasteiger charge is 2.35. The molecule has 1 aliphatic rings. The molecular weight excluding hydrogens is 578 g/mol. The third kappa shape index (κ3) is 4.24. The van der Waals surface area contributed by atoms with Gasteiger partial charge in [-0.15, -0.1) is 0 Å². The fraction of sp³-hybridized carbons (Fsp3) is 0.162. The van der Waals surface area contributed by atoms with Crippen molar-refractivity contribution in [2.75, 3.05) is 11.9 Å². The Bertz CT molecular complexity index is 2380. The number of rotatable bonds is 7. The number of anilines is 2. The minimum Gasteiger partial charge on any atom is -0.471 e. The second-order valence-electron chi connectivity index (χ2n) is 11.8. The summed E-state index contributed by atoms with van der Waals surface area (Å²) in [6.45, 7) is 0.0192. The Morgan fingerprint density at radius 1 is 0.804 bits per heavy atom. The van der Waals surface area contributed by atoms with Crippen LogP contribution < -0.4 is 10.1 Å². The molecule has 9 nitrogen and oxygen atoms in total. The Hall–Kier alpha value is -5.35. The summed E-state index contributed by atoms with van der Waals surface area (Å²) in [6, 6.07) is 33.4. The lowest BCUT2D eigenvalue weighted by molar-refractivity contribution is -0.0432. The monoisotopic (exact) mass is 607 g/mol. The lowest BCUT2D eigenvalue weighted by Gasteiger charge is -2.19. The molecule has 0 aliphatic carbocycles. The van der Waals surface area contributed by atoms with Crippen molar-refractivity contribution in [3.63, 3.8) is 0 Å². The molecule has 3 heterocycles. The molecule has 0 radical (unpaired) electrons. The molecule has 3 N–H and O–H groups in total. The van der Waals surface area contributed by atoms with Crippen molar-refractivity contribution < 1.29 is 19.7 Å². The van der Waals surface area contributed by atoms with E-state index in [1.54, 1.807) is 10.9 Å². The van der Waals surface area contributed by atoms with Crippen LogP contribution in [0.15, 0.2) is 103 Å². The van der Waals surface area contributed by atoms with Gasteiger partial charge in [0.15, 0.2) is 11.2 Å². The van der Waals surface area contributed by atoms with Crippen molar-refractivity contribution in [2.45, 2.75) is 31.5 Å². The zero-order valence-electron chi connectivity index (χ0n) is 24.7. The highest BCUT2D eigenvalue weighted by Crippen LogP contribution is 2.44. The first-order valence-corrected chi connectivity index (χ1v) is 15.4. The van der Waals surface area contributed by atoms with Gasteiger partial charge in [-0.1, -0.05) is 97.1 Å². The maximum atomic E-state index is 10.5. The van der Waals surface area contributed by atoms with Gasteiger partial charge in [0.2, 0.25) is 11.8 Å². The van der Waals surface area contributed by atoms with Crippen molar-refractivity contribution in [3.8, 4) is 5.88 Å². The van der Waals surface area contributed by atoms with E-state index in [1.807, 2.05) is 36.4 Å². The van der Waals surface area contributed by atoms with Crippen molar-refractivity contribution >= 4 is 65.9 Å². The number of hydrogen-bond donors (Lipinski definition) is 3. The maximum absolute atomic E-state index is 10.5. The largest absolute Gasteiger partial charge is 0.471 e. The number of nitrogens with zero attached hydrogens (tertiary/aromatic N) is 4. The van der Waals surface area contributed by atoms with Crippen LogP contribution in [0.2, 0.25) is 0 Å². The number of aliphatic hydroxyl groups is 2. The van der Waals surface area contributed by atoms with E-state index in [-0.39, 0.29) is 6.61 Å². The fourth-order valence-corrected chi connectivity index (χ4v) is 6.88. The molecule has 8 aromatic rings. The van der Waals surface area contributed by atoms with Gasteiger partial charge in [0.05, 0.1) is 24.7 Å². The zero-order valence-corrected chi connectivity index (χ0v) is 24.7. The molecular formula is C37H29N5O4. The van der Waals surface area contributed by atoms with Crippen LogP contribution >= 0.6 is 0 Å². The minimum absolute atomic E-state index is 0.279. The number of hydrogen-bond acceptors (Lipinski definition) is 8. The van der Waals surface area contributed by atoms with Crippen molar-refractivity contribution in [2.24, 2.45) is 0 Å². The molecule has 6 aromatic carbocycles. The number of nitrogens with one attached hydrogen (secondary N) is 1. The summed E-state index contributed by atoms with van der Waals surface area (Å²) in [6.07, 6.45) is -0.120. The van der Waals surface area contributed by atoms with Gasteiger partial charge in [-0.3, -0.25) is 4.57 Å². The van der Waals surface area contributed by atoms with Crippen LogP contribution in [0.25, 0.3) is 54.3 Å². The van der Waals surface area contributed by atoms with Crippen LogP contribution in [0.5, 0.6) is 5.88 Å². The van der Waals surface area contributed by atoms with Gasteiger partial charge in [-0.2, -0.15) is 9.97 Å². The molecule has 9 rings (SSSR count). The molecule has 2 aromatic heterocycles.